The summed E-state index contributed by atoms with van der Waals surface area (Å²) in [5.41, 5.74) is 2.06. The summed E-state index contributed by atoms with van der Waals surface area (Å²) in [5, 5.41) is 3.63. The van der Waals surface area contributed by atoms with Crippen LogP contribution in [0.5, 0.6) is 11.5 Å². The second-order valence-corrected chi connectivity index (χ2v) is 6.13. The monoisotopic (exact) mass is 382 g/mol. The highest BCUT2D eigenvalue weighted by atomic mass is 16.5. The van der Waals surface area contributed by atoms with E-state index in [0.717, 1.165) is 16.5 Å². The van der Waals surface area contributed by atoms with Crippen molar-refractivity contribution in [2.45, 2.75) is 13.1 Å². The zero-order chi connectivity index (χ0) is 20.1. The van der Waals surface area contributed by atoms with Gasteiger partial charge in [-0.2, -0.15) is 0 Å². The number of fused-ring (bicyclic) bond motifs is 1. The van der Waals surface area contributed by atoms with Gasteiger partial charge < -0.3 is 24.1 Å². The molecule has 0 bridgehead atoms. The third-order valence-corrected chi connectivity index (χ3v) is 4.48. The van der Waals surface area contributed by atoms with Gasteiger partial charge in [0.2, 0.25) is 5.91 Å². The molecule has 0 spiro atoms. The van der Waals surface area contributed by atoms with Crippen LogP contribution in [0.2, 0.25) is 0 Å². The van der Waals surface area contributed by atoms with E-state index in [9.17, 15) is 9.59 Å². The number of esters is 1. The van der Waals surface area contributed by atoms with E-state index in [1.54, 1.807) is 31.0 Å². The van der Waals surface area contributed by atoms with Gasteiger partial charge in [0.15, 0.2) is 0 Å². The van der Waals surface area contributed by atoms with Crippen LogP contribution in [-0.2, 0) is 22.6 Å². The Labute approximate surface area is 162 Å². The van der Waals surface area contributed by atoms with Crippen molar-refractivity contribution in [1.29, 1.82) is 0 Å². The van der Waals surface area contributed by atoms with Crippen LogP contribution < -0.4 is 14.8 Å². The third-order valence-electron chi connectivity index (χ3n) is 4.48. The summed E-state index contributed by atoms with van der Waals surface area (Å²) in [7, 11) is 4.49. The first-order chi connectivity index (χ1) is 13.6. The van der Waals surface area contributed by atoms with Crippen molar-refractivity contribution < 1.29 is 23.8 Å². The van der Waals surface area contributed by atoms with Crippen molar-refractivity contribution >= 4 is 22.8 Å². The Morgan fingerprint density at radius 2 is 1.82 bits per heavy atom. The summed E-state index contributed by atoms with van der Waals surface area (Å²) in [6.45, 7) is 0.394. The minimum atomic E-state index is -0.432. The van der Waals surface area contributed by atoms with Crippen LogP contribution in [0.4, 0.5) is 0 Å². The molecule has 1 aromatic heterocycles. The number of rotatable bonds is 7. The Hall–Kier alpha value is -3.48. The molecule has 0 aliphatic carbocycles. The number of para-hydroxylation sites is 1. The Morgan fingerprint density at radius 1 is 1.04 bits per heavy atom. The Morgan fingerprint density at radius 3 is 2.54 bits per heavy atom. The first-order valence-electron chi connectivity index (χ1n) is 8.71. The number of hydrogen-bond acceptors (Lipinski definition) is 5. The van der Waals surface area contributed by atoms with Crippen LogP contribution in [0.25, 0.3) is 10.9 Å². The largest absolute Gasteiger partial charge is 0.497 e. The lowest BCUT2D eigenvalue weighted by atomic mass is 10.2. The molecule has 1 N–H and O–H groups in total. The number of hydrogen-bond donors (Lipinski definition) is 1. The summed E-state index contributed by atoms with van der Waals surface area (Å²) in [5.74, 6) is 0.702. The summed E-state index contributed by atoms with van der Waals surface area (Å²) in [6, 6.07) is 12.8. The standard InChI is InChI=1S/C21H22N2O5/c1-26-15-9-8-14(19(10-15)27-2)11-22-20(24)13-23-12-17(21(25)28-3)16-6-4-5-7-18(16)23/h4-10,12H,11,13H2,1-3H3,(H,22,24). The molecule has 3 rings (SSSR count). The quantitative estimate of drug-likeness (QED) is 0.636. The van der Waals surface area contributed by atoms with E-state index in [-0.39, 0.29) is 12.5 Å². The Bertz CT molecular complexity index is 1010. The molecule has 0 fully saturated rings. The predicted octanol–water partition coefficient (Wildman–Crippen LogP) is 2.76. The van der Waals surface area contributed by atoms with Gasteiger partial charge in [-0.1, -0.05) is 18.2 Å². The van der Waals surface area contributed by atoms with Gasteiger partial charge in [0.25, 0.3) is 0 Å². The van der Waals surface area contributed by atoms with Gasteiger partial charge in [0.1, 0.15) is 18.0 Å². The third kappa shape index (κ3) is 3.93. The molecule has 0 atom stereocenters. The molecular formula is C21H22N2O5. The molecule has 2 aromatic carbocycles. The second-order valence-electron chi connectivity index (χ2n) is 6.13. The first-order valence-corrected chi connectivity index (χ1v) is 8.71. The molecule has 7 heteroatoms. The second kappa shape index (κ2) is 8.47. The lowest BCUT2D eigenvalue weighted by Crippen LogP contribution is -2.27. The highest BCUT2D eigenvalue weighted by molar-refractivity contribution is 6.04. The maximum Gasteiger partial charge on any atom is 0.340 e. The van der Waals surface area contributed by atoms with Crippen molar-refractivity contribution in [2.24, 2.45) is 0 Å². The molecule has 3 aromatic rings. The van der Waals surface area contributed by atoms with Crippen LogP contribution in [-0.4, -0.2) is 37.8 Å². The molecule has 0 unspecified atom stereocenters. The van der Waals surface area contributed by atoms with Crippen LogP contribution in [0.1, 0.15) is 15.9 Å². The number of carbonyl (C=O) groups excluding carboxylic acids is 2. The SMILES string of the molecule is COC(=O)c1cn(CC(=O)NCc2ccc(OC)cc2OC)c2ccccc12. The maximum absolute atomic E-state index is 12.5. The first kappa shape index (κ1) is 19.3. The van der Waals surface area contributed by atoms with Crippen molar-refractivity contribution in [3.63, 3.8) is 0 Å². The number of nitrogens with zero attached hydrogens (tertiary/aromatic N) is 1. The number of amides is 1. The fourth-order valence-electron chi connectivity index (χ4n) is 3.05. The van der Waals surface area contributed by atoms with Crippen molar-refractivity contribution in [1.82, 2.24) is 9.88 Å². The smallest absolute Gasteiger partial charge is 0.340 e. The molecule has 0 radical (unpaired) electrons. The highest BCUT2D eigenvalue weighted by Gasteiger charge is 2.16. The normalized spacial score (nSPS) is 10.5. The van der Waals surface area contributed by atoms with Crippen LogP contribution >= 0.6 is 0 Å². The van der Waals surface area contributed by atoms with Gasteiger partial charge in [0, 0.05) is 35.3 Å². The summed E-state index contributed by atoms with van der Waals surface area (Å²) < 4.78 is 17.1. The number of ether oxygens (including phenoxy) is 3. The Kier molecular flexibility index (Phi) is 5.84. The van der Waals surface area contributed by atoms with E-state index in [1.807, 2.05) is 36.4 Å². The Balaban J connectivity index is 1.75. The van der Waals surface area contributed by atoms with Crippen molar-refractivity contribution in [3.8, 4) is 11.5 Å². The van der Waals surface area contributed by atoms with Gasteiger partial charge in [-0.15, -0.1) is 0 Å². The van der Waals surface area contributed by atoms with Crippen molar-refractivity contribution in [3.05, 3.63) is 59.8 Å². The van der Waals surface area contributed by atoms with E-state index >= 15 is 0 Å². The molecule has 146 valence electrons. The molecule has 7 nitrogen and oxygen atoms in total. The van der Waals surface area contributed by atoms with E-state index < -0.39 is 5.97 Å². The topological polar surface area (TPSA) is 78.8 Å². The molecule has 0 saturated carbocycles. The van der Waals surface area contributed by atoms with Crippen molar-refractivity contribution in [2.75, 3.05) is 21.3 Å². The minimum absolute atomic E-state index is 0.0793. The van der Waals surface area contributed by atoms with E-state index in [4.69, 9.17) is 14.2 Å². The molecule has 0 saturated heterocycles. The van der Waals surface area contributed by atoms with E-state index in [0.29, 0.717) is 23.6 Å². The van der Waals surface area contributed by atoms with Gasteiger partial charge in [0.05, 0.1) is 26.9 Å². The number of aromatic nitrogens is 1. The molecule has 1 amide bonds. The number of carbonyl (C=O) groups is 2. The molecule has 1 heterocycles. The van der Waals surface area contributed by atoms with Crippen LogP contribution in [0, 0.1) is 0 Å². The van der Waals surface area contributed by atoms with Crippen LogP contribution in [0.15, 0.2) is 48.7 Å². The molecular weight excluding hydrogens is 360 g/mol. The summed E-state index contributed by atoms with van der Waals surface area (Å²) in [6.07, 6.45) is 1.64. The van der Waals surface area contributed by atoms with E-state index in [2.05, 4.69) is 5.32 Å². The van der Waals surface area contributed by atoms with Crippen LogP contribution in [0.3, 0.4) is 0 Å². The molecule has 0 aliphatic heterocycles. The zero-order valence-electron chi connectivity index (χ0n) is 16.0. The molecule has 28 heavy (non-hydrogen) atoms. The fraction of sp³-hybridized carbons (Fsp3) is 0.238. The summed E-state index contributed by atoms with van der Waals surface area (Å²) in [4.78, 5) is 24.5. The fourth-order valence-corrected chi connectivity index (χ4v) is 3.05. The molecule has 0 aliphatic rings. The van der Waals surface area contributed by atoms with E-state index in [1.165, 1.54) is 7.11 Å². The van der Waals surface area contributed by atoms with Gasteiger partial charge in [-0.25, -0.2) is 4.79 Å². The zero-order valence-corrected chi connectivity index (χ0v) is 16.0. The van der Waals surface area contributed by atoms with Gasteiger partial charge in [-0.3, -0.25) is 4.79 Å². The average molecular weight is 382 g/mol. The number of nitrogens with one attached hydrogen (secondary N) is 1. The maximum atomic E-state index is 12.5. The average Bonchev–Trinajstić information content (AvgIpc) is 3.10. The predicted molar refractivity (Wildman–Crippen MR) is 105 cm³/mol. The lowest BCUT2D eigenvalue weighted by molar-refractivity contribution is -0.121. The number of methoxy groups -OCH3 is 3. The van der Waals surface area contributed by atoms with Gasteiger partial charge in [-0.05, 0) is 18.2 Å². The van der Waals surface area contributed by atoms with Gasteiger partial charge >= 0.3 is 5.97 Å². The summed E-state index contributed by atoms with van der Waals surface area (Å²) >= 11 is 0. The lowest BCUT2D eigenvalue weighted by Gasteiger charge is -2.12. The number of benzene rings is 2. The highest BCUT2D eigenvalue weighted by Crippen LogP contribution is 2.25. The minimum Gasteiger partial charge on any atom is -0.497 e.